The first-order valence-electron chi connectivity index (χ1n) is 4.98. The number of halogens is 2. The highest BCUT2D eigenvalue weighted by atomic mass is 79.9. The summed E-state index contributed by atoms with van der Waals surface area (Å²) in [5.74, 6) is -0.605. The third-order valence-electron chi connectivity index (χ3n) is 2.16. The Morgan fingerprint density at radius 2 is 2.11 bits per heavy atom. The van der Waals surface area contributed by atoms with Crippen molar-refractivity contribution in [1.29, 1.82) is 0 Å². The Hall–Kier alpha value is -1.59. The molecule has 0 unspecified atom stereocenters. The van der Waals surface area contributed by atoms with Gasteiger partial charge in [-0.25, -0.2) is 9.78 Å². The van der Waals surface area contributed by atoms with Gasteiger partial charge in [-0.1, -0.05) is 17.7 Å². The van der Waals surface area contributed by atoms with E-state index in [1.165, 1.54) is 6.07 Å². The zero-order valence-electron chi connectivity index (χ0n) is 9.02. The first-order valence-corrected chi connectivity index (χ1v) is 6.16. The summed E-state index contributed by atoms with van der Waals surface area (Å²) in [5, 5.41) is 12.5. The molecule has 92 valence electrons. The van der Waals surface area contributed by atoms with Crippen molar-refractivity contribution in [3.8, 4) is 0 Å². The molecule has 0 saturated heterocycles. The van der Waals surface area contributed by atoms with Crippen molar-refractivity contribution >= 4 is 45.0 Å². The Labute approximate surface area is 117 Å². The third kappa shape index (κ3) is 3.00. The van der Waals surface area contributed by atoms with Gasteiger partial charge in [0.2, 0.25) is 0 Å². The molecule has 0 spiro atoms. The third-order valence-corrected chi connectivity index (χ3v) is 3.05. The number of anilines is 2. The van der Waals surface area contributed by atoms with Gasteiger partial charge in [0.05, 0.1) is 5.69 Å². The molecular weight excluding hydrogens is 320 g/mol. The van der Waals surface area contributed by atoms with E-state index < -0.39 is 5.97 Å². The molecule has 0 bridgehead atoms. The smallest absolute Gasteiger partial charge is 0.354 e. The highest BCUT2D eigenvalue weighted by Crippen LogP contribution is 2.28. The summed E-state index contributed by atoms with van der Waals surface area (Å²) in [6, 6.07) is 10.0. The van der Waals surface area contributed by atoms with Crippen LogP contribution in [0.4, 0.5) is 11.5 Å². The number of benzene rings is 1. The van der Waals surface area contributed by atoms with E-state index in [-0.39, 0.29) is 5.69 Å². The molecule has 6 heteroatoms. The summed E-state index contributed by atoms with van der Waals surface area (Å²) >= 11 is 9.20. The molecule has 2 N–H and O–H groups in total. The number of hydrogen-bond donors (Lipinski definition) is 2. The standard InChI is InChI=1S/C12H8BrClN2O2/c13-8-6-7(14)4-5-9(8)15-11-3-1-2-10(16-11)12(17)18/h1-6H,(H,15,16)(H,17,18). The maximum atomic E-state index is 10.8. The number of aromatic carboxylic acids is 1. The summed E-state index contributed by atoms with van der Waals surface area (Å²) in [6.45, 7) is 0. The second kappa shape index (κ2) is 5.37. The van der Waals surface area contributed by atoms with Gasteiger partial charge in [0.25, 0.3) is 0 Å². The van der Waals surface area contributed by atoms with Crippen LogP contribution in [0.2, 0.25) is 5.02 Å². The van der Waals surface area contributed by atoms with E-state index in [0.717, 1.165) is 10.2 Å². The number of carbonyl (C=O) groups is 1. The van der Waals surface area contributed by atoms with Gasteiger partial charge in [-0.05, 0) is 46.3 Å². The van der Waals surface area contributed by atoms with Gasteiger partial charge in [-0.15, -0.1) is 0 Å². The highest BCUT2D eigenvalue weighted by molar-refractivity contribution is 9.10. The monoisotopic (exact) mass is 326 g/mol. The van der Waals surface area contributed by atoms with Gasteiger partial charge in [-0.3, -0.25) is 0 Å². The van der Waals surface area contributed by atoms with Crippen LogP contribution >= 0.6 is 27.5 Å². The summed E-state index contributed by atoms with van der Waals surface area (Å²) < 4.78 is 0.775. The Bertz CT molecular complexity index is 604. The minimum atomic E-state index is -1.06. The van der Waals surface area contributed by atoms with Gasteiger partial charge in [-0.2, -0.15) is 0 Å². The highest BCUT2D eigenvalue weighted by Gasteiger charge is 2.06. The van der Waals surface area contributed by atoms with Crippen LogP contribution in [-0.2, 0) is 0 Å². The lowest BCUT2D eigenvalue weighted by Crippen LogP contribution is -2.02. The molecule has 0 radical (unpaired) electrons. The normalized spacial score (nSPS) is 10.1. The van der Waals surface area contributed by atoms with Gasteiger partial charge in [0, 0.05) is 9.50 Å². The average molecular weight is 328 g/mol. The number of pyridine rings is 1. The fourth-order valence-electron chi connectivity index (χ4n) is 1.35. The Kier molecular flexibility index (Phi) is 3.84. The summed E-state index contributed by atoms with van der Waals surface area (Å²) in [4.78, 5) is 14.8. The number of carboxylic acid groups (broad SMARTS) is 1. The molecule has 2 rings (SSSR count). The zero-order valence-corrected chi connectivity index (χ0v) is 11.4. The Morgan fingerprint density at radius 3 is 2.78 bits per heavy atom. The van der Waals surface area contributed by atoms with Crippen LogP contribution in [0, 0.1) is 0 Å². The molecular formula is C12H8BrClN2O2. The molecule has 18 heavy (non-hydrogen) atoms. The molecule has 2 aromatic rings. The molecule has 1 heterocycles. The van der Waals surface area contributed by atoms with Crippen molar-refractivity contribution in [3.63, 3.8) is 0 Å². The molecule has 0 atom stereocenters. The van der Waals surface area contributed by atoms with Crippen LogP contribution in [0.3, 0.4) is 0 Å². The molecule has 1 aromatic heterocycles. The summed E-state index contributed by atoms with van der Waals surface area (Å²) in [7, 11) is 0. The molecule has 0 saturated carbocycles. The van der Waals surface area contributed by atoms with E-state index in [2.05, 4.69) is 26.2 Å². The lowest BCUT2D eigenvalue weighted by atomic mass is 10.3. The predicted octanol–water partition coefficient (Wildman–Crippen LogP) is 3.94. The molecule has 0 amide bonds. The SMILES string of the molecule is O=C(O)c1cccc(Nc2ccc(Cl)cc2Br)n1. The van der Waals surface area contributed by atoms with E-state index in [4.69, 9.17) is 16.7 Å². The fraction of sp³-hybridized carbons (Fsp3) is 0. The van der Waals surface area contributed by atoms with E-state index >= 15 is 0 Å². The first kappa shape index (κ1) is 12.9. The van der Waals surface area contributed by atoms with Gasteiger partial charge in [0.15, 0.2) is 5.69 Å². The van der Waals surface area contributed by atoms with Gasteiger partial charge in [0.1, 0.15) is 5.82 Å². The van der Waals surface area contributed by atoms with Gasteiger partial charge >= 0.3 is 5.97 Å². The topological polar surface area (TPSA) is 62.2 Å². The quantitative estimate of drug-likeness (QED) is 0.896. The number of rotatable bonds is 3. The zero-order chi connectivity index (χ0) is 13.1. The maximum absolute atomic E-state index is 10.8. The number of carboxylic acids is 1. The second-order valence-electron chi connectivity index (χ2n) is 3.46. The Morgan fingerprint density at radius 1 is 1.33 bits per heavy atom. The van der Waals surface area contributed by atoms with Crippen molar-refractivity contribution in [2.45, 2.75) is 0 Å². The first-order chi connectivity index (χ1) is 8.56. The van der Waals surface area contributed by atoms with Crippen LogP contribution in [0.1, 0.15) is 10.5 Å². The summed E-state index contributed by atoms with van der Waals surface area (Å²) in [5.41, 5.74) is 0.750. The molecule has 1 aromatic carbocycles. The number of hydrogen-bond acceptors (Lipinski definition) is 3. The van der Waals surface area contributed by atoms with Crippen molar-refractivity contribution in [2.24, 2.45) is 0 Å². The molecule has 0 aliphatic rings. The van der Waals surface area contributed by atoms with Crippen molar-refractivity contribution in [2.75, 3.05) is 5.32 Å². The van der Waals surface area contributed by atoms with Crippen molar-refractivity contribution < 1.29 is 9.90 Å². The van der Waals surface area contributed by atoms with Crippen LogP contribution in [-0.4, -0.2) is 16.1 Å². The predicted molar refractivity (Wildman–Crippen MR) is 73.6 cm³/mol. The lowest BCUT2D eigenvalue weighted by molar-refractivity contribution is 0.0690. The summed E-state index contributed by atoms with van der Waals surface area (Å²) in [6.07, 6.45) is 0. The van der Waals surface area contributed by atoms with E-state index in [0.29, 0.717) is 10.8 Å². The molecule has 4 nitrogen and oxygen atoms in total. The fourth-order valence-corrected chi connectivity index (χ4v) is 2.13. The van der Waals surface area contributed by atoms with Crippen molar-refractivity contribution in [3.05, 3.63) is 51.6 Å². The van der Waals surface area contributed by atoms with Crippen molar-refractivity contribution in [1.82, 2.24) is 4.98 Å². The average Bonchev–Trinajstić information content (AvgIpc) is 2.33. The van der Waals surface area contributed by atoms with E-state index in [1.807, 2.05) is 0 Å². The van der Waals surface area contributed by atoms with E-state index in [1.54, 1.807) is 30.3 Å². The number of nitrogens with zero attached hydrogens (tertiary/aromatic N) is 1. The number of nitrogens with one attached hydrogen (secondary N) is 1. The second-order valence-corrected chi connectivity index (χ2v) is 4.75. The molecule has 0 aliphatic carbocycles. The van der Waals surface area contributed by atoms with E-state index in [9.17, 15) is 4.79 Å². The molecule has 0 aliphatic heterocycles. The minimum Gasteiger partial charge on any atom is -0.477 e. The van der Waals surface area contributed by atoms with Crippen LogP contribution in [0.15, 0.2) is 40.9 Å². The minimum absolute atomic E-state index is 0.00918. The lowest BCUT2D eigenvalue weighted by Gasteiger charge is -2.08. The Balaban J connectivity index is 2.28. The molecule has 0 fully saturated rings. The van der Waals surface area contributed by atoms with Crippen LogP contribution in [0.25, 0.3) is 0 Å². The maximum Gasteiger partial charge on any atom is 0.354 e. The van der Waals surface area contributed by atoms with Gasteiger partial charge < -0.3 is 10.4 Å². The van der Waals surface area contributed by atoms with Crippen LogP contribution < -0.4 is 5.32 Å². The largest absolute Gasteiger partial charge is 0.477 e. The number of aromatic nitrogens is 1. The van der Waals surface area contributed by atoms with Crippen LogP contribution in [0.5, 0.6) is 0 Å².